The summed E-state index contributed by atoms with van der Waals surface area (Å²) in [5, 5.41) is 17.6. The fourth-order valence-electron chi connectivity index (χ4n) is 10.2. The summed E-state index contributed by atoms with van der Waals surface area (Å²) in [5.41, 5.74) is 0.995. The Morgan fingerprint density at radius 3 is 2.51 bits per heavy atom. The maximum atomic E-state index is 14.4. The summed E-state index contributed by atoms with van der Waals surface area (Å²) in [4.78, 5) is 46.8. The molecule has 6 rings (SSSR count). The van der Waals surface area contributed by atoms with Gasteiger partial charge in [0.15, 0.2) is 11.9 Å². The lowest BCUT2D eigenvalue weighted by Crippen LogP contribution is -2.60. The van der Waals surface area contributed by atoms with Gasteiger partial charge in [0.2, 0.25) is 0 Å². The molecule has 63 heavy (non-hydrogen) atoms. The average Bonchev–Trinajstić information content (AvgIpc) is 3.90. The van der Waals surface area contributed by atoms with E-state index in [1.165, 1.54) is 0 Å². The molecule has 4 fully saturated rings. The van der Waals surface area contributed by atoms with Gasteiger partial charge in [0, 0.05) is 42.5 Å². The van der Waals surface area contributed by atoms with Crippen LogP contribution in [-0.2, 0) is 44.5 Å². The molecule has 3 N–H and O–H groups in total. The monoisotopic (exact) mass is 879 g/mol. The first-order chi connectivity index (χ1) is 29.8. The molecule has 4 saturated heterocycles. The van der Waals surface area contributed by atoms with Crippen LogP contribution in [0.4, 0.5) is 9.59 Å². The maximum Gasteiger partial charge on any atom is 0.408 e. The molecule has 5 heterocycles. The van der Waals surface area contributed by atoms with Gasteiger partial charge in [-0.05, 0) is 96.3 Å². The predicted octanol–water partition coefficient (Wildman–Crippen LogP) is 5.70. The number of fused-ring (bicyclic) bond motifs is 4. The van der Waals surface area contributed by atoms with Gasteiger partial charge >= 0.3 is 18.2 Å². The number of ether oxygens (including phenoxy) is 7. The van der Waals surface area contributed by atoms with Gasteiger partial charge in [0.25, 0.3) is 0 Å². The number of hydrogen-bond donors (Lipinski definition) is 3. The quantitative estimate of drug-likeness (QED) is 0.159. The Balaban J connectivity index is 1.35. The van der Waals surface area contributed by atoms with E-state index < -0.39 is 83.9 Å². The second kappa shape index (κ2) is 20.2. The Kier molecular flexibility index (Phi) is 15.5. The summed E-state index contributed by atoms with van der Waals surface area (Å²) in [6, 6.07) is 6.86. The number of cyclic esters (lactones) is 1. The van der Waals surface area contributed by atoms with Gasteiger partial charge in [-0.1, -0.05) is 52.0 Å². The van der Waals surface area contributed by atoms with Crippen molar-refractivity contribution in [1.82, 2.24) is 25.1 Å². The predicted molar refractivity (Wildman–Crippen MR) is 234 cm³/mol. The number of imidazole rings is 1. The first kappa shape index (κ1) is 48.1. The van der Waals surface area contributed by atoms with Crippen LogP contribution in [0.1, 0.15) is 80.2 Å². The van der Waals surface area contributed by atoms with E-state index in [-0.39, 0.29) is 44.4 Å². The molecule has 0 spiro atoms. The molecule has 348 valence electrons. The standard InChI is InChI=1S/C47H69N5O11/c1-12-37-47(9)40(50-45(56)63-47)30(5)35(17-20-57-44(55)49-23-33-13-15-34(16-14-33)52-19-18-48-26-52)28(3)22-46(8)41(62-43-38(53)36(51(10)11)21-29(4)60-43)31(6)39(32(7)42(54)61-37)58-24-27(2)25-59-46/h13-19,26,28-32,36-41,43,53H,2,12,20-25H2,1,3-11H3,(H,49,55)(H,50,56)/b35-17+/t28-,29-,30+,31+,32-,36+,37-,38-,39?,40?,41-,43?,46-,47-/m1/s1. The summed E-state index contributed by atoms with van der Waals surface area (Å²) < 4.78 is 46.8. The van der Waals surface area contributed by atoms with Crippen molar-refractivity contribution in [3.8, 4) is 5.69 Å². The molecule has 0 radical (unpaired) electrons. The second-order valence-corrected chi connectivity index (χ2v) is 18.6. The number of nitrogens with one attached hydrogen (secondary N) is 2. The van der Waals surface area contributed by atoms with Crippen molar-refractivity contribution >= 4 is 18.2 Å². The molecule has 2 aromatic rings. The summed E-state index contributed by atoms with van der Waals surface area (Å²) in [6.45, 7) is 20.1. The lowest BCUT2D eigenvalue weighted by molar-refractivity contribution is -0.302. The van der Waals surface area contributed by atoms with Crippen molar-refractivity contribution in [2.75, 3.05) is 33.9 Å². The fourth-order valence-corrected chi connectivity index (χ4v) is 10.2. The molecule has 3 unspecified atom stereocenters. The topological polar surface area (TPSA) is 181 Å². The highest BCUT2D eigenvalue weighted by Crippen LogP contribution is 2.44. The molecule has 1 aromatic carbocycles. The molecule has 16 nitrogen and oxygen atoms in total. The highest BCUT2D eigenvalue weighted by Gasteiger charge is 2.57. The van der Waals surface area contributed by atoms with E-state index in [1.807, 2.05) is 94.7 Å². The highest BCUT2D eigenvalue weighted by atomic mass is 16.7. The molecular weight excluding hydrogens is 811 g/mol. The number of aliphatic hydroxyl groups is 1. The Morgan fingerprint density at radius 2 is 1.84 bits per heavy atom. The normalized spacial score (nSPS) is 37.5. The lowest BCUT2D eigenvalue weighted by Gasteiger charge is -2.49. The second-order valence-electron chi connectivity index (χ2n) is 18.6. The number of rotatable bonds is 9. The van der Waals surface area contributed by atoms with Gasteiger partial charge in [0.05, 0.1) is 55.4 Å². The summed E-state index contributed by atoms with van der Waals surface area (Å²) >= 11 is 0. The van der Waals surface area contributed by atoms with Crippen molar-refractivity contribution in [3.05, 3.63) is 72.4 Å². The van der Waals surface area contributed by atoms with Crippen molar-refractivity contribution in [2.24, 2.45) is 23.7 Å². The molecule has 14 atom stereocenters. The molecule has 2 bridgehead atoms. The molecule has 2 amide bonds. The van der Waals surface area contributed by atoms with Crippen molar-refractivity contribution in [3.63, 3.8) is 0 Å². The summed E-state index contributed by atoms with van der Waals surface area (Å²) in [5.74, 6) is -2.54. The van der Waals surface area contributed by atoms with Crippen LogP contribution in [0.5, 0.6) is 0 Å². The molecule has 1 aromatic heterocycles. The van der Waals surface area contributed by atoms with Crippen LogP contribution in [0, 0.1) is 23.7 Å². The maximum absolute atomic E-state index is 14.4. The van der Waals surface area contributed by atoms with Crippen LogP contribution in [0.25, 0.3) is 5.69 Å². The Morgan fingerprint density at radius 1 is 1.11 bits per heavy atom. The van der Waals surface area contributed by atoms with Crippen LogP contribution in [0.2, 0.25) is 0 Å². The third-order valence-electron chi connectivity index (χ3n) is 13.6. The van der Waals surface area contributed by atoms with Crippen molar-refractivity contribution < 1.29 is 52.6 Å². The number of amides is 2. The molecule has 4 aliphatic rings. The van der Waals surface area contributed by atoms with Gasteiger partial charge in [-0.2, -0.15) is 0 Å². The van der Waals surface area contributed by atoms with Crippen LogP contribution < -0.4 is 10.6 Å². The number of carbonyl (C=O) groups is 3. The van der Waals surface area contributed by atoms with Crippen LogP contribution in [0.15, 0.2) is 66.8 Å². The Hall–Kier alpha value is -4.32. The molecular formula is C47H69N5O11. The number of benzene rings is 1. The zero-order valence-corrected chi connectivity index (χ0v) is 38.6. The minimum atomic E-state index is -1.26. The van der Waals surface area contributed by atoms with Crippen LogP contribution >= 0.6 is 0 Å². The van der Waals surface area contributed by atoms with E-state index in [0.717, 1.165) is 16.8 Å². The lowest BCUT2D eigenvalue weighted by atomic mass is 9.71. The third-order valence-corrected chi connectivity index (χ3v) is 13.6. The van der Waals surface area contributed by atoms with Crippen molar-refractivity contribution in [2.45, 2.75) is 141 Å². The number of aromatic nitrogens is 2. The van der Waals surface area contributed by atoms with E-state index in [0.29, 0.717) is 24.8 Å². The first-order valence-corrected chi connectivity index (χ1v) is 22.3. The van der Waals surface area contributed by atoms with E-state index in [2.05, 4.69) is 29.1 Å². The van der Waals surface area contributed by atoms with E-state index in [4.69, 9.17) is 33.2 Å². The highest BCUT2D eigenvalue weighted by molar-refractivity contribution is 5.74. The summed E-state index contributed by atoms with van der Waals surface area (Å²) in [7, 11) is 3.84. The molecule has 4 aliphatic heterocycles. The number of aliphatic hydroxyl groups excluding tert-OH is 1. The van der Waals surface area contributed by atoms with Gasteiger partial charge < -0.3 is 58.4 Å². The van der Waals surface area contributed by atoms with Gasteiger partial charge in [-0.15, -0.1) is 0 Å². The van der Waals surface area contributed by atoms with Crippen molar-refractivity contribution in [1.29, 1.82) is 0 Å². The third kappa shape index (κ3) is 10.8. The SMILES string of the molecule is C=C1COC2[C@@H](C)C(=O)O[C@H](CC)[C@@]3(C)OC(=O)NC3[C@@H](C)/C(=C/COC(=O)NCc3ccc(-n4ccnc4)cc3)[C@H](C)C[C@@](C)(OC1)[C@H](OC1O[C@H](C)C[C@H](N(C)C)[C@H]1O)[C@H]2C. The van der Waals surface area contributed by atoms with Gasteiger partial charge in [-0.25, -0.2) is 14.6 Å². The number of carbonyl (C=O) groups excluding carboxylic acids is 3. The van der Waals surface area contributed by atoms with E-state index >= 15 is 0 Å². The van der Waals surface area contributed by atoms with Crippen LogP contribution in [0.3, 0.4) is 0 Å². The van der Waals surface area contributed by atoms with E-state index in [9.17, 15) is 19.5 Å². The zero-order chi connectivity index (χ0) is 45.8. The summed E-state index contributed by atoms with van der Waals surface area (Å²) in [6.07, 6.45) is 2.67. The van der Waals surface area contributed by atoms with E-state index in [1.54, 1.807) is 26.4 Å². The Bertz CT molecular complexity index is 1930. The van der Waals surface area contributed by atoms with Crippen LogP contribution in [-0.4, -0.2) is 132 Å². The fraction of sp³-hybridized carbons (Fsp3) is 0.660. The van der Waals surface area contributed by atoms with Gasteiger partial charge in [0.1, 0.15) is 18.8 Å². The molecule has 16 heteroatoms. The zero-order valence-electron chi connectivity index (χ0n) is 38.6. The number of hydrogen-bond acceptors (Lipinski definition) is 13. The Labute approximate surface area is 372 Å². The number of esters is 1. The molecule has 0 aliphatic carbocycles. The average molecular weight is 880 g/mol. The number of likely N-dealkylation sites (N-methyl/N-ethyl adjacent to an activating group) is 1. The van der Waals surface area contributed by atoms with Gasteiger partial charge in [-0.3, -0.25) is 4.79 Å². The minimum Gasteiger partial charge on any atom is -0.458 e. The largest absolute Gasteiger partial charge is 0.458 e. The number of alkyl carbamates (subject to hydrolysis) is 2. The number of nitrogens with zero attached hydrogens (tertiary/aromatic N) is 3. The molecule has 0 saturated carbocycles. The first-order valence-electron chi connectivity index (χ1n) is 22.3. The minimum absolute atomic E-state index is 0.0795. The smallest absolute Gasteiger partial charge is 0.408 e.